The van der Waals surface area contributed by atoms with E-state index < -0.39 is 0 Å². The van der Waals surface area contributed by atoms with Crippen molar-refractivity contribution in [1.82, 2.24) is 0 Å². The van der Waals surface area contributed by atoms with E-state index in [-0.39, 0.29) is 11.8 Å². The quantitative estimate of drug-likeness (QED) is 0.891. The Kier molecular flexibility index (Phi) is 4.43. The number of methoxy groups -OCH3 is 3. The molecule has 1 unspecified atom stereocenters. The van der Waals surface area contributed by atoms with Crippen molar-refractivity contribution >= 4 is 11.6 Å². The maximum Gasteiger partial charge on any atom is 0.225 e. The molecule has 2 heterocycles. The molecule has 1 N–H and O–H groups in total. The molecular weight excluding hydrogens is 350 g/mol. The minimum atomic E-state index is -0.209. The molecule has 0 bridgehead atoms. The Hall–Kier alpha value is -3.09. The lowest BCUT2D eigenvalue weighted by Gasteiger charge is -2.30. The minimum Gasteiger partial charge on any atom is -0.493 e. The van der Waals surface area contributed by atoms with Crippen molar-refractivity contribution in [2.45, 2.75) is 12.3 Å². The Labute approximate surface area is 157 Å². The number of carbonyl (C=O) groups is 1. The SMILES string of the molecule is COc1ccc(C2CC(=O)Nc3cc4c(cc32)OCCO4)c(OC)c1OC. The Morgan fingerprint density at radius 1 is 0.926 bits per heavy atom. The fourth-order valence-corrected chi connectivity index (χ4v) is 3.67. The lowest BCUT2D eigenvalue weighted by molar-refractivity contribution is -0.116. The average molecular weight is 371 g/mol. The highest BCUT2D eigenvalue weighted by Crippen LogP contribution is 2.49. The fraction of sp³-hybridized carbons (Fsp3) is 0.350. The Morgan fingerprint density at radius 2 is 1.63 bits per heavy atom. The first-order valence-electron chi connectivity index (χ1n) is 8.68. The number of hydrogen-bond donors (Lipinski definition) is 1. The molecule has 2 aliphatic heterocycles. The van der Waals surface area contributed by atoms with Crippen LogP contribution in [0.15, 0.2) is 24.3 Å². The zero-order valence-corrected chi connectivity index (χ0v) is 15.5. The molecule has 0 radical (unpaired) electrons. The van der Waals surface area contributed by atoms with E-state index in [2.05, 4.69) is 5.32 Å². The van der Waals surface area contributed by atoms with Gasteiger partial charge in [0.25, 0.3) is 0 Å². The zero-order chi connectivity index (χ0) is 19.0. The van der Waals surface area contributed by atoms with Crippen molar-refractivity contribution in [3.8, 4) is 28.7 Å². The Balaban J connectivity index is 1.87. The first-order valence-corrected chi connectivity index (χ1v) is 8.68. The van der Waals surface area contributed by atoms with Gasteiger partial charge in [-0.1, -0.05) is 6.07 Å². The van der Waals surface area contributed by atoms with Crippen molar-refractivity contribution in [2.24, 2.45) is 0 Å². The molecule has 0 fully saturated rings. The minimum absolute atomic E-state index is 0.0685. The second kappa shape index (κ2) is 6.90. The second-order valence-electron chi connectivity index (χ2n) is 6.31. The van der Waals surface area contributed by atoms with Crippen LogP contribution in [0.3, 0.4) is 0 Å². The van der Waals surface area contributed by atoms with Crippen molar-refractivity contribution < 1.29 is 28.5 Å². The third-order valence-electron chi connectivity index (χ3n) is 4.86. The van der Waals surface area contributed by atoms with Gasteiger partial charge >= 0.3 is 0 Å². The molecular formula is C20H21NO6. The number of hydrogen-bond acceptors (Lipinski definition) is 6. The van der Waals surface area contributed by atoms with E-state index in [0.717, 1.165) is 16.8 Å². The third kappa shape index (κ3) is 2.89. The topological polar surface area (TPSA) is 75.3 Å². The van der Waals surface area contributed by atoms with Crippen molar-refractivity contribution in [1.29, 1.82) is 0 Å². The predicted molar refractivity (Wildman–Crippen MR) is 98.6 cm³/mol. The summed E-state index contributed by atoms with van der Waals surface area (Å²) >= 11 is 0. The van der Waals surface area contributed by atoms with E-state index in [9.17, 15) is 4.79 Å². The Bertz CT molecular complexity index is 895. The fourth-order valence-electron chi connectivity index (χ4n) is 3.67. The van der Waals surface area contributed by atoms with Gasteiger partial charge in [-0.3, -0.25) is 4.79 Å². The number of benzene rings is 2. The van der Waals surface area contributed by atoms with Gasteiger partial charge in [0.05, 0.1) is 21.3 Å². The smallest absolute Gasteiger partial charge is 0.225 e. The third-order valence-corrected chi connectivity index (χ3v) is 4.86. The lowest BCUT2D eigenvalue weighted by Crippen LogP contribution is -2.25. The molecule has 142 valence electrons. The molecule has 0 saturated heterocycles. The monoisotopic (exact) mass is 371 g/mol. The molecule has 7 heteroatoms. The molecule has 2 aromatic carbocycles. The van der Waals surface area contributed by atoms with Gasteiger partial charge < -0.3 is 29.0 Å². The number of anilines is 1. The highest BCUT2D eigenvalue weighted by molar-refractivity contribution is 5.96. The van der Waals surface area contributed by atoms with Gasteiger partial charge in [-0.05, 0) is 17.7 Å². The number of amides is 1. The molecule has 1 atom stereocenters. The number of rotatable bonds is 4. The summed E-state index contributed by atoms with van der Waals surface area (Å²) in [4.78, 5) is 12.4. The molecule has 1 amide bonds. The highest BCUT2D eigenvalue weighted by atomic mass is 16.6. The number of nitrogens with one attached hydrogen (secondary N) is 1. The van der Waals surface area contributed by atoms with Gasteiger partial charge in [0, 0.05) is 29.7 Å². The first-order chi connectivity index (χ1) is 13.2. The lowest BCUT2D eigenvalue weighted by atomic mass is 9.83. The zero-order valence-electron chi connectivity index (χ0n) is 15.5. The summed E-state index contributed by atoms with van der Waals surface area (Å²) in [5.74, 6) is 2.67. The Morgan fingerprint density at radius 3 is 2.30 bits per heavy atom. The van der Waals surface area contributed by atoms with Gasteiger partial charge in [0.1, 0.15) is 13.2 Å². The van der Waals surface area contributed by atoms with Crippen molar-refractivity contribution in [2.75, 3.05) is 39.9 Å². The van der Waals surface area contributed by atoms with Crippen LogP contribution in [0.25, 0.3) is 0 Å². The van der Waals surface area contributed by atoms with Crippen molar-refractivity contribution in [3.05, 3.63) is 35.4 Å². The van der Waals surface area contributed by atoms with E-state index in [4.69, 9.17) is 23.7 Å². The average Bonchev–Trinajstić information content (AvgIpc) is 2.70. The van der Waals surface area contributed by atoms with E-state index >= 15 is 0 Å². The summed E-state index contributed by atoms with van der Waals surface area (Å²) in [5.41, 5.74) is 2.52. The summed E-state index contributed by atoms with van der Waals surface area (Å²) in [7, 11) is 4.71. The van der Waals surface area contributed by atoms with Crippen LogP contribution in [0.4, 0.5) is 5.69 Å². The molecule has 0 aliphatic carbocycles. The number of ether oxygens (including phenoxy) is 5. The standard InChI is InChI=1S/C20H21NO6/c1-23-15-5-4-11(19(24-2)20(15)25-3)12-9-18(22)21-14-10-17-16(8-13(12)14)26-6-7-27-17/h4-5,8,10,12H,6-7,9H2,1-3H3,(H,21,22). The summed E-state index contributed by atoms with van der Waals surface area (Å²) < 4.78 is 27.9. The van der Waals surface area contributed by atoms with Crippen LogP contribution in [0.5, 0.6) is 28.7 Å². The first kappa shape index (κ1) is 17.3. The van der Waals surface area contributed by atoms with Crippen LogP contribution in [0.1, 0.15) is 23.5 Å². The second-order valence-corrected chi connectivity index (χ2v) is 6.31. The molecule has 27 heavy (non-hydrogen) atoms. The highest BCUT2D eigenvalue weighted by Gasteiger charge is 2.32. The predicted octanol–water partition coefficient (Wildman–Crippen LogP) is 2.96. The van der Waals surface area contributed by atoms with Crippen LogP contribution in [0.2, 0.25) is 0 Å². The van der Waals surface area contributed by atoms with Crippen LogP contribution < -0.4 is 29.0 Å². The molecule has 0 saturated carbocycles. The van der Waals surface area contributed by atoms with Crippen LogP contribution in [0, 0.1) is 0 Å². The molecule has 4 rings (SSSR count). The molecule has 2 aromatic rings. The van der Waals surface area contributed by atoms with Crippen LogP contribution in [-0.4, -0.2) is 40.5 Å². The van der Waals surface area contributed by atoms with E-state index in [1.807, 2.05) is 24.3 Å². The largest absolute Gasteiger partial charge is 0.493 e. The maximum atomic E-state index is 12.4. The van der Waals surface area contributed by atoms with Gasteiger partial charge in [-0.25, -0.2) is 0 Å². The molecule has 2 aliphatic rings. The van der Waals surface area contributed by atoms with Gasteiger partial charge in [0.2, 0.25) is 11.7 Å². The number of carbonyl (C=O) groups excluding carboxylic acids is 1. The summed E-state index contributed by atoms with van der Waals surface area (Å²) in [6.07, 6.45) is 0.290. The van der Waals surface area contributed by atoms with Gasteiger partial charge in [-0.2, -0.15) is 0 Å². The summed E-state index contributed by atoms with van der Waals surface area (Å²) in [6.45, 7) is 0.995. The van der Waals surface area contributed by atoms with E-state index in [0.29, 0.717) is 48.4 Å². The number of fused-ring (bicyclic) bond motifs is 2. The van der Waals surface area contributed by atoms with E-state index in [1.165, 1.54) is 0 Å². The molecule has 7 nitrogen and oxygen atoms in total. The summed E-state index contributed by atoms with van der Waals surface area (Å²) in [5, 5.41) is 2.93. The van der Waals surface area contributed by atoms with Crippen LogP contribution in [-0.2, 0) is 4.79 Å². The van der Waals surface area contributed by atoms with Crippen molar-refractivity contribution in [3.63, 3.8) is 0 Å². The molecule has 0 spiro atoms. The van der Waals surface area contributed by atoms with Gasteiger partial charge in [0.15, 0.2) is 23.0 Å². The molecule has 0 aromatic heterocycles. The normalized spacial score (nSPS) is 17.6. The van der Waals surface area contributed by atoms with Crippen LogP contribution >= 0.6 is 0 Å². The van der Waals surface area contributed by atoms with E-state index in [1.54, 1.807) is 21.3 Å². The van der Waals surface area contributed by atoms with Gasteiger partial charge in [-0.15, -0.1) is 0 Å². The maximum absolute atomic E-state index is 12.4. The summed E-state index contributed by atoms with van der Waals surface area (Å²) in [6, 6.07) is 7.48.